The van der Waals surface area contributed by atoms with Gasteiger partial charge in [0.15, 0.2) is 0 Å². The summed E-state index contributed by atoms with van der Waals surface area (Å²) < 4.78 is 0. The molecule has 0 heteroatoms. The van der Waals surface area contributed by atoms with Crippen LogP contribution < -0.4 is 0 Å². The number of unbranched alkanes of at least 4 members (excludes halogenated alkanes) is 2. The Labute approximate surface area is 101 Å². The molecule has 1 aromatic rings. The zero-order chi connectivity index (χ0) is 12.0. The van der Waals surface area contributed by atoms with Crippen LogP contribution >= 0.6 is 0 Å². The Bertz CT molecular complexity index is 294. The number of benzene rings is 1. The van der Waals surface area contributed by atoms with Gasteiger partial charge in [-0.1, -0.05) is 44.4 Å². The number of hydrogen-bond acceptors (Lipinski definition) is 0. The highest BCUT2D eigenvalue weighted by atomic mass is 14.1. The number of hydrogen-bond donors (Lipinski definition) is 0. The van der Waals surface area contributed by atoms with Gasteiger partial charge < -0.3 is 0 Å². The first kappa shape index (κ1) is 13.3. The average Bonchev–Trinajstić information content (AvgIpc) is 2.28. The van der Waals surface area contributed by atoms with Gasteiger partial charge in [-0.25, -0.2) is 0 Å². The minimum atomic E-state index is 1.25. The van der Waals surface area contributed by atoms with Crippen molar-refractivity contribution in [2.45, 2.75) is 66.2 Å². The van der Waals surface area contributed by atoms with Crippen molar-refractivity contribution in [2.75, 3.05) is 0 Å². The Kier molecular flexibility index (Phi) is 5.59. The molecular weight excluding hydrogens is 192 g/mol. The summed E-state index contributed by atoms with van der Waals surface area (Å²) in [6.45, 7) is 9.06. The van der Waals surface area contributed by atoms with E-state index in [2.05, 4.69) is 39.8 Å². The molecule has 1 aromatic carbocycles. The summed E-state index contributed by atoms with van der Waals surface area (Å²) in [6, 6.07) is 4.75. The van der Waals surface area contributed by atoms with E-state index in [1.54, 1.807) is 16.7 Å². The Morgan fingerprint density at radius 2 is 1.25 bits per heavy atom. The van der Waals surface area contributed by atoms with Gasteiger partial charge in [0.2, 0.25) is 0 Å². The Hall–Kier alpha value is -0.780. The molecule has 0 saturated carbocycles. The monoisotopic (exact) mass is 218 g/mol. The standard InChI is InChI=1S/C16H26/c1-5-7-9-15-11-13(3)12-16(14(15)4)10-8-6-2/h11-12H,5-10H2,1-4H3. The van der Waals surface area contributed by atoms with E-state index < -0.39 is 0 Å². The van der Waals surface area contributed by atoms with Crippen molar-refractivity contribution in [3.63, 3.8) is 0 Å². The second-order valence-electron chi connectivity index (χ2n) is 4.92. The molecule has 0 amide bonds. The fourth-order valence-electron chi connectivity index (χ4n) is 2.27. The highest BCUT2D eigenvalue weighted by Crippen LogP contribution is 2.20. The molecule has 0 saturated heterocycles. The van der Waals surface area contributed by atoms with Crippen LogP contribution in [0, 0.1) is 13.8 Å². The maximum Gasteiger partial charge on any atom is -0.0276 e. The highest BCUT2D eigenvalue weighted by molar-refractivity contribution is 5.38. The van der Waals surface area contributed by atoms with Crippen molar-refractivity contribution >= 4 is 0 Å². The molecule has 1 rings (SSSR count). The second-order valence-corrected chi connectivity index (χ2v) is 4.92. The van der Waals surface area contributed by atoms with Crippen LogP contribution in [0.1, 0.15) is 61.8 Å². The van der Waals surface area contributed by atoms with Gasteiger partial charge >= 0.3 is 0 Å². The third kappa shape index (κ3) is 3.66. The molecule has 0 atom stereocenters. The van der Waals surface area contributed by atoms with Gasteiger partial charge in [0.05, 0.1) is 0 Å². The minimum absolute atomic E-state index is 1.25. The quantitative estimate of drug-likeness (QED) is 0.631. The summed E-state index contributed by atoms with van der Waals surface area (Å²) >= 11 is 0. The second kappa shape index (κ2) is 6.73. The topological polar surface area (TPSA) is 0 Å². The summed E-state index contributed by atoms with van der Waals surface area (Å²) in [6.07, 6.45) is 7.72. The maximum atomic E-state index is 2.38. The Balaban J connectivity index is 2.86. The zero-order valence-electron chi connectivity index (χ0n) is 11.4. The Morgan fingerprint density at radius 1 is 0.812 bits per heavy atom. The highest BCUT2D eigenvalue weighted by Gasteiger charge is 2.05. The van der Waals surface area contributed by atoms with Crippen molar-refractivity contribution < 1.29 is 0 Å². The van der Waals surface area contributed by atoms with Gasteiger partial charge in [-0.2, -0.15) is 0 Å². The van der Waals surface area contributed by atoms with Crippen molar-refractivity contribution in [3.05, 3.63) is 34.4 Å². The Morgan fingerprint density at radius 3 is 1.62 bits per heavy atom. The molecule has 0 fully saturated rings. The number of aryl methyl sites for hydroxylation is 3. The summed E-state index contributed by atoms with van der Waals surface area (Å²) in [5.41, 5.74) is 6.14. The van der Waals surface area contributed by atoms with Crippen molar-refractivity contribution in [2.24, 2.45) is 0 Å². The van der Waals surface area contributed by atoms with Gasteiger partial charge in [-0.3, -0.25) is 0 Å². The van der Waals surface area contributed by atoms with E-state index in [1.165, 1.54) is 44.1 Å². The predicted molar refractivity (Wildman–Crippen MR) is 73.1 cm³/mol. The molecule has 0 heterocycles. The van der Waals surface area contributed by atoms with E-state index >= 15 is 0 Å². The average molecular weight is 218 g/mol. The summed E-state index contributed by atoms with van der Waals surface area (Å²) in [4.78, 5) is 0. The van der Waals surface area contributed by atoms with E-state index in [0.717, 1.165) is 0 Å². The lowest BCUT2D eigenvalue weighted by atomic mass is 9.93. The normalized spacial score (nSPS) is 10.8. The van der Waals surface area contributed by atoms with Gasteiger partial charge in [0, 0.05) is 0 Å². The summed E-state index contributed by atoms with van der Waals surface area (Å²) in [5, 5.41) is 0. The molecular formula is C16H26. The SMILES string of the molecule is CCCCc1cc(C)cc(CCCC)c1C. The largest absolute Gasteiger partial charge is 0.0654 e. The minimum Gasteiger partial charge on any atom is -0.0654 e. The van der Waals surface area contributed by atoms with Gasteiger partial charge in [-0.05, 0) is 56.2 Å². The van der Waals surface area contributed by atoms with Crippen LogP contribution in [0.3, 0.4) is 0 Å². The van der Waals surface area contributed by atoms with Crippen LogP contribution in [0.2, 0.25) is 0 Å². The van der Waals surface area contributed by atoms with Crippen LogP contribution in [0.15, 0.2) is 12.1 Å². The van der Waals surface area contributed by atoms with Crippen LogP contribution in [-0.4, -0.2) is 0 Å². The van der Waals surface area contributed by atoms with E-state index in [1.807, 2.05) is 0 Å². The maximum absolute atomic E-state index is 2.38. The molecule has 0 aromatic heterocycles. The molecule has 0 unspecified atom stereocenters. The first-order chi connectivity index (χ1) is 7.69. The predicted octanol–water partition coefficient (Wildman–Crippen LogP) is 4.99. The lowest BCUT2D eigenvalue weighted by molar-refractivity contribution is 0.772. The van der Waals surface area contributed by atoms with Crippen LogP contribution in [-0.2, 0) is 12.8 Å². The molecule has 0 N–H and O–H groups in total. The smallest absolute Gasteiger partial charge is 0.0276 e. The van der Waals surface area contributed by atoms with Crippen LogP contribution in [0.5, 0.6) is 0 Å². The molecule has 0 bridgehead atoms. The molecule has 0 radical (unpaired) electrons. The van der Waals surface area contributed by atoms with Crippen LogP contribution in [0.25, 0.3) is 0 Å². The molecule has 0 aliphatic heterocycles. The van der Waals surface area contributed by atoms with E-state index in [0.29, 0.717) is 0 Å². The third-order valence-corrected chi connectivity index (χ3v) is 3.37. The van der Waals surface area contributed by atoms with Crippen LogP contribution in [0.4, 0.5) is 0 Å². The van der Waals surface area contributed by atoms with Gasteiger partial charge in [-0.15, -0.1) is 0 Å². The molecule has 90 valence electrons. The third-order valence-electron chi connectivity index (χ3n) is 3.37. The summed E-state index contributed by atoms with van der Waals surface area (Å²) in [7, 11) is 0. The summed E-state index contributed by atoms with van der Waals surface area (Å²) in [5.74, 6) is 0. The van der Waals surface area contributed by atoms with Crippen molar-refractivity contribution in [1.29, 1.82) is 0 Å². The van der Waals surface area contributed by atoms with Crippen molar-refractivity contribution in [1.82, 2.24) is 0 Å². The van der Waals surface area contributed by atoms with Crippen molar-refractivity contribution in [3.8, 4) is 0 Å². The fraction of sp³-hybridized carbons (Fsp3) is 0.625. The molecule has 0 nitrogen and oxygen atoms in total. The number of rotatable bonds is 6. The van der Waals surface area contributed by atoms with E-state index in [9.17, 15) is 0 Å². The van der Waals surface area contributed by atoms with Gasteiger partial charge in [0.1, 0.15) is 0 Å². The lowest BCUT2D eigenvalue weighted by Gasteiger charge is -2.13. The zero-order valence-corrected chi connectivity index (χ0v) is 11.4. The van der Waals surface area contributed by atoms with E-state index in [4.69, 9.17) is 0 Å². The molecule has 16 heavy (non-hydrogen) atoms. The first-order valence-corrected chi connectivity index (χ1v) is 6.78. The fourth-order valence-corrected chi connectivity index (χ4v) is 2.27. The van der Waals surface area contributed by atoms with Gasteiger partial charge in [0.25, 0.3) is 0 Å². The lowest BCUT2D eigenvalue weighted by Crippen LogP contribution is -1.98. The molecule has 0 aliphatic rings. The molecule has 0 spiro atoms. The molecule has 0 aliphatic carbocycles. The van der Waals surface area contributed by atoms with E-state index in [-0.39, 0.29) is 0 Å². The first-order valence-electron chi connectivity index (χ1n) is 6.78.